The minimum atomic E-state index is -4.76. The van der Waals surface area contributed by atoms with Gasteiger partial charge in [0.25, 0.3) is 10.1 Å². The van der Waals surface area contributed by atoms with Gasteiger partial charge >= 0.3 is 47.5 Å². The van der Waals surface area contributed by atoms with Crippen LogP contribution in [-0.4, -0.2) is 84.0 Å². The Hall–Kier alpha value is -0.940. The van der Waals surface area contributed by atoms with Gasteiger partial charge in [0.1, 0.15) is 0 Å². The number of esters is 2. The zero-order chi connectivity index (χ0) is 26.6. The molecule has 202 valence electrons. The summed E-state index contributed by atoms with van der Waals surface area (Å²) in [6.45, 7) is 11.6. The Labute approximate surface area is 233 Å². The van der Waals surface area contributed by atoms with E-state index >= 15 is 0 Å². The maximum absolute atomic E-state index is 12.2. The molecule has 3 atom stereocenters. The van der Waals surface area contributed by atoms with Crippen LogP contribution in [0.5, 0.6) is 0 Å². The monoisotopic (exact) mass is 532 g/mol. The summed E-state index contributed by atoms with van der Waals surface area (Å²) in [5, 5.41) is 5.90. The summed E-state index contributed by atoms with van der Waals surface area (Å²) >= 11 is 0. The topological polar surface area (TPSA) is 144 Å². The van der Waals surface area contributed by atoms with Gasteiger partial charge in [0.05, 0.1) is 26.1 Å². The number of carboxylic acid groups (broad SMARTS) is 1. The first-order chi connectivity index (χ1) is 16.0. The van der Waals surface area contributed by atoms with E-state index in [1.807, 2.05) is 13.8 Å². The number of unbranched alkanes of at least 4 members (excludes halogenated alkanes) is 2. The molecule has 35 heavy (non-hydrogen) atoms. The fourth-order valence-electron chi connectivity index (χ4n) is 2.94. The average molecular weight is 533 g/mol. The van der Waals surface area contributed by atoms with E-state index in [2.05, 4.69) is 20.4 Å². The van der Waals surface area contributed by atoms with Crippen LogP contribution >= 0.6 is 0 Å². The molecule has 0 aromatic carbocycles. The van der Waals surface area contributed by atoms with Crippen LogP contribution in [0.15, 0.2) is 12.7 Å². The fraction of sp³-hybridized carbons (Fsp3) is 0.792. The Morgan fingerprint density at radius 2 is 1.37 bits per heavy atom. The Bertz CT molecular complexity index is 695. The molecular formula is C24H45NaO9S. The van der Waals surface area contributed by atoms with Crippen LogP contribution in [0.25, 0.3) is 0 Å². The Morgan fingerprint density at radius 3 is 1.69 bits per heavy atom. The molecule has 9 nitrogen and oxygen atoms in total. The summed E-state index contributed by atoms with van der Waals surface area (Å²) < 4.78 is 42.8. The summed E-state index contributed by atoms with van der Waals surface area (Å²) in [6, 6.07) is 0. The minimum absolute atomic E-state index is 0. The van der Waals surface area contributed by atoms with Gasteiger partial charge in [0.2, 0.25) is 0 Å². The summed E-state index contributed by atoms with van der Waals surface area (Å²) in [5.74, 6) is -2.43. The van der Waals surface area contributed by atoms with Crippen LogP contribution in [0, 0.1) is 11.8 Å². The maximum atomic E-state index is 12.2. The van der Waals surface area contributed by atoms with Gasteiger partial charge in [-0.15, -0.1) is 6.58 Å². The molecule has 0 saturated heterocycles. The summed E-state index contributed by atoms with van der Waals surface area (Å²) in [6.07, 6.45) is 8.15. The van der Waals surface area contributed by atoms with Crippen molar-refractivity contribution in [1.29, 1.82) is 0 Å². The number of rotatable bonds is 18. The molecule has 0 saturated carbocycles. The zero-order valence-electron chi connectivity index (χ0n) is 21.2. The molecule has 2 N–H and O–H groups in total. The molecule has 0 heterocycles. The van der Waals surface area contributed by atoms with Gasteiger partial charge in [-0.2, -0.15) is 8.42 Å². The third-order valence-electron chi connectivity index (χ3n) is 5.32. The van der Waals surface area contributed by atoms with Crippen LogP contribution < -0.4 is 0 Å². The van der Waals surface area contributed by atoms with Crippen LogP contribution in [0.3, 0.4) is 0 Å². The Kier molecular flexibility index (Phi) is 25.9. The molecule has 0 spiro atoms. The van der Waals surface area contributed by atoms with Crippen LogP contribution in [0.1, 0.15) is 91.9 Å². The number of carbonyl (C=O) groups is 3. The second-order valence-corrected chi connectivity index (χ2v) is 9.84. The van der Waals surface area contributed by atoms with Crippen molar-refractivity contribution in [3.05, 3.63) is 12.7 Å². The third kappa shape index (κ3) is 22.0. The number of aliphatic carboxylic acids is 1. The van der Waals surface area contributed by atoms with Gasteiger partial charge in [0, 0.05) is 0 Å². The van der Waals surface area contributed by atoms with Crippen molar-refractivity contribution in [1.82, 2.24) is 0 Å². The number of carbonyl (C=O) groups excluding carboxylic acids is 2. The number of ether oxygens (including phenoxy) is 2. The Balaban J connectivity index is -0.00000129. The summed E-state index contributed by atoms with van der Waals surface area (Å²) in [5.41, 5.74) is 0. The first-order valence-corrected chi connectivity index (χ1v) is 13.6. The van der Waals surface area contributed by atoms with E-state index in [9.17, 15) is 27.4 Å². The molecule has 3 unspecified atom stereocenters. The number of carboxylic acids is 1. The van der Waals surface area contributed by atoms with Gasteiger partial charge in [-0.1, -0.05) is 72.3 Å². The number of hydrogen-bond acceptors (Lipinski definition) is 7. The van der Waals surface area contributed by atoms with Gasteiger partial charge in [-0.25, -0.2) is 0 Å². The van der Waals surface area contributed by atoms with Crippen molar-refractivity contribution >= 4 is 57.6 Å². The van der Waals surface area contributed by atoms with Gasteiger partial charge in [-0.05, 0) is 24.7 Å². The predicted molar refractivity (Wildman–Crippen MR) is 138 cm³/mol. The molecule has 0 aliphatic carbocycles. The van der Waals surface area contributed by atoms with E-state index in [0.717, 1.165) is 51.4 Å². The second kappa shape index (κ2) is 23.5. The van der Waals surface area contributed by atoms with Crippen molar-refractivity contribution in [2.75, 3.05) is 13.2 Å². The average Bonchev–Trinajstić information content (AvgIpc) is 2.77. The SMILES string of the molecule is C=CCC(=O)O.CCCCC(CC)COC(=O)CC(C(=O)OCC(CC)CCCC)S(=O)(=O)O.[NaH]. The van der Waals surface area contributed by atoms with E-state index in [1.54, 1.807) is 0 Å². The van der Waals surface area contributed by atoms with Crippen molar-refractivity contribution < 1.29 is 41.9 Å². The molecule has 0 fully saturated rings. The van der Waals surface area contributed by atoms with Crippen LogP contribution in [-0.2, 0) is 34.0 Å². The molecular weight excluding hydrogens is 487 g/mol. The van der Waals surface area contributed by atoms with Crippen LogP contribution in [0.2, 0.25) is 0 Å². The van der Waals surface area contributed by atoms with Gasteiger partial charge in [0.15, 0.2) is 5.25 Å². The zero-order valence-corrected chi connectivity index (χ0v) is 22.0. The Morgan fingerprint density at radius 1 is 0.914 bits per heavy atom. The summed E-state index contributed by atoms with van der Waals surface area (Å²) in [7, 11) is -4.76. The molecule has 0 rings (SSSR count). The fourth-order valence-corrected chi connectivity index (χ4v) is 3.60. The van der Waals surface area contributed by atoms with E-state index in [1.165, 1.54) is 6.08 Å². The van der Waals surface area contributed by atoms with E-state index in [-0.39, 0.29) is 61.0 Å². The van der Waals surface area contributed by atoms with Gasteiger partial charge in [-0.3, -0.25) is 18.9 Å². The van der Waals surface area contributed by atoms with Crippen molar-refractivity contribution in [2.24, 2.45) is 11.8 Å². The third-order valence-corrected chi connectivity index (χ3v) is 6.40. The quantitative estimate of drug-likeness (QED) is 0.115. The molecule has 0 amide bonds. The normalized spacial score (nSPS) is 13.2. The molecule has 0 bridgehead atoms. The number of hydrogen-bond donors (Lipinski definition) is 2. The van der Waals surface area contributed by atoms with Gasteiger partial charge < -0.3 is 14.6 Å². The van der Waals surface area contributed by atoms with Crippen molar-refractivity contribution in [3.8, 4) is 0 Å². The molecule has 0 aliphatic heterocycles. The van der Waals surface area contributed by atoms with Crippen LogP contribution in [0.4, 0.5) is 0 Å². The summed E-state index contributed by atoms with van der Waals surface area (Å²) in [4.78, 5) is 33.7. The predicted octanol–water partition coefficient (Wildman–Crippen LogP) is 4.15. The molecule has 0 aliphatic rings. The first kappa shape index (κ1) is 38.6. The molecule has 11 heteroatoms. The first-order valence-electron chi connectivity index (χ1n) is 12.1. The molecule has 0 aromatic rings. The van der Waals surface area contributed by atoms with Crippen molar-refractivity contribution in [2.45, 2.75) is 97.2 Å². The van der Waals surface area contributed by atoms with Crippen molar-refractivity contribution in [3.63, 3.8) is 0 Å². The second-order valence-electron chi connectivity index (χ2n) is 8.24. The van der Waals surface area contributed by atoms with E-state index < -0.39 is 39.7 Å². The molecule has 0 aromatic heterocycles. The van der Waals surface area contributed by atoms with E-state index in [0.29, 0.717) is 0 Å². The standard InChI is InChI=1S/C20H38O7S.C4H6O2.Na.H/c1-5-9-11-16(7-3)14-26-19(21)13-18(28(23,24)25)20(22)27-15-17(8-4)12-10-6-2;1-2-3-4(5)6;;/h16-18H,5-15H2,1-4H3,(H,23,24,25);2H,1,3H2,(H,5,6);;. The van der Waals surface area contributed by atoms with E-state index in [4.69, 9.17) is 14.6 Å². The molecule has 0 radical (unpaired) electrons.